The number of para-hydroxylation sites is 1. The number of unbranched alkanes of at least 4 members (excludes halogenated alkanes) is 1. The summed E-state index contributed by atoms with van der Waals surface area (Å²) in [6, 6.07) is 11.0. The highest BCUT2D eigenvalue weighted by atomic mass is 35.5. The number of nitrogens with zero attached hydrogens (tertiary/aromatic N) is 2. The van der Waals surface area contributed by atoms with Gasteiger partial charge < -0.3 is 4.90 Å². The van der Waals surface area contributed by atoms with Crippen LogP contribution in [0.25, 0.3) is 10.9 Å². The molecular formula is C18H25ClN2. The lowest BCUT2D eigenvalue weighted by atomic mass is 10.1. The van der Waals surface area contributed by atoms with Gasteiger partial charge in [0.1, 0.15) is 0 Å². The molecule has 1 aromatic heterocycles. The van der Waals surface area contributed by atoms with Crippen molar-refractivity contribution in [2.75, 3.05) is 11.4 Å². The second kappa shape index (κ2) is 7.65. The molecule has 2 rings (SSSR count). The van der Waals surface area contributed by atoms with Crippen molar-refractivity contribution in [3.63, 3.8) is 0 Å². The van der Waals surface area contributed by atoms with E-state index in [9.17, 15) is 0 Å². The van der Waals surface area contributed by atoms with Gasteiger partial charge in [0, 0.05) is 23.7 Å². The topological polar surface area (TPSA) is 16.1 Å². The lowest BCUT2D eigenvalue weighted by Gasteiger charge is -2.32. The van der Waals surface area contributed by atoms with E-state index in [1.165, 1.54) is 23.9 Å². The summed E-state index contributed by atoms with van der Waals surface area (Å²) in [6.07, 6.45) is 3.55. The van der Waals surface area contributed by atoms with Crippen LogP contribution < -0.4 is 4.90 Å². The van der Waals surface area contributed by atoms with E-state index < -0.39 is 0 Å². The van der Waals surface area contributed by atoms with Gasteiger partial charge in [-0.15, -0.1) is 11.6 Å². The van der Waals surface area contributed by atoms with Crippen molar-refractivity contribution < 1.29 is 0 Å². The lowest BCUT2D eigenvalue weighted by Crippen LogP contribution is -2.33. The van der Waals surface area contributed by atoms with Gasteiger partial charge in [-0.25, -0.2) is 0 Å². The highest BCUT2D eigenvalue weighted by Gasteiger charge is 2.16. The van der Waals surface area contributed by atoms with E-state index in [0.717, 1.165) is 24.2 Å². The molecule has 0 bridgehead atoms. The predicted octanol–water partition coefficient (Wildman–Crippen LogP) is 5.38. The van der Waals surface area contributed by atoms with Crippen LogP contribution in [0.15, 0.2) is 30.3 Å². The van der Waals surface area contributed by atoms with Crippen molar-refractivity contribution >= 4 is 28.2 Å². The fraction of sp³-hybridized carbons (Fsp3) is 0.500. The summed E-state index contributed by atoms with van der Waals surface area (Å²) in [5, 5.41) is 1.22. The van der Waals surface area contributed by atoms with Gasteiger partial charge >= 0.3 is 0 Å². The Balaban J connectivity index is 2.53. The first-order valence-electron chi connectivity index (χ1n) is 7.92. The van der Waals surface area contributed by atoms with Gasteiger partial charge in [0.15, 0.2) is 0 Å². The number of anilines is 1. The van der Waals surface area contributed by atoms with E-state index in [-0.39, 0.29) is 0 Å². The molecule has 0 N–H and O–H groups in total. The van der Waals surface area contributed by atoms with E-state index >= 15 is 0 Å². The summed E-state index contributed by atoms with van der Waals surface area (Å²) in [4.78, 5) is 7.16. The minimum absolute atomic E-state index is 0.458. The maximum absolute atomic E-state index is 6.04. The fourth-order valence-corrected chi connectivity index (χ4v) is 2.78. The van der Waals surface area contributed by atoms with Crippen LogP contribution in [-0.4, -0.2) is 17.6 Å². The van der Waals surface area contributed by atoms with E-state index in [1.54, 1.807) is 0 Å². The summed E-state index contributed by atoms with van der Waals surface area (Å²) >= 11 is 6.04. The number of hydrogen-bond donors (Lipinski definition) is 0. The van der Waals surface area contributed by atoms with E-state index in [4.69, 9.17) is 11.6 Å². The van der Waals surface area contributed by atoms with Crippen LogP contribution in [-0.2, 0) is 5.88 Å². The number of aromatic nitrogens is 1. The summed E-state index contributed by atoms with van der Waals surface area (Å²) in [5.41, 5.74) is 3.27. The minimum atomic E-state index is 0.458. The summed E-state index contributed by atoms with van der Waals surface area (Å²) in [6.45, 7) is 7.87. The fourth-order valence-electron chi connectivity index (χ4n) is 2.64. The van der Waals surface area contributed by atoms with Crippen molar-refractivity contribution in [2.45, 2.75) is 52.0 Å². The lowest BCUT2D eigenvalue weighted by molar-refractivity contribution is 0.597. The molecule has 2 aromatic rings. The van der Waals surface area contributed by atoms with Crippen molar-refractivity contribution in [1.82, 2.24) is 4.98 Å². The van der Waals surface area contributed by atoms with E-state index in [0.29, 0.717) is 11.9 Å². The minimum Gasteiger partial charge on any atom is -0.368 e. The first kappa shape index (κ1) is 16.1. The Morgan fingerprint density at radius 3 is 2.67 bits per heavy atom. The monoisotopic (exact) mass is 304 g/mol. The summed E-state index contributed by atoms with van der Waals surface area (Å²) in [7, 11) is 0. The first-order valence-corrected chi connectivity index (χ1v) is 8.46. The van der Waals surface area contributed by atoms with Gasteiger partial charge in [-0.3, -0.25) is 4.98 Å². The van der Waals surface area contributed by atoms with Gasteiger partial charge in [0.25, 0.3) is 0 Å². The van der Waals surface area contributed by atoms with Crippen molar-refractivity contribution in [3.8, 4) is 0 Å². The molecule has 1 atom stereocenters. The van der Waals surface area contributed by atoms with Crippen molar-refractivity contribution in [3.05, 3.63) is 36.0 Å². The predicted molar refractivity (Wildman–Crippen MR) is 93.3 cm³/mol. The maximum atomic E-state index is 6.04. The summed E-state index contributed by atoms with van der Waals surface area (Å²) < 4.78 is 0. The third kappa shape index (κ3) is 3.68. The number of benzene rings is 1. The van der Waals surface area contributed by atoms with Gasteiger partial charge in [0.2, 0.25) is 0 Å². The van der Waals surface area contributed by atoms with Crippen LogP contribution in [0.3, 0.4) is 0 Å². The third-order valence-electron chi connectivity index (χ3n) is 4.07. The van der Waals surface area contributed by atoms with Crippen LogP contribution in [0.4, 0.5) is 5.69 Å². The molecule has 0 saturated carbocycles. The number of rotatable bonds is 7. The van der Waals surface area contributed by atoms with Crippen LogP contribution in [0.2, 0.25) is 0 Å². The van der Waals surface area contributed by atoms with Gasteiger partial charge in [-0.1, -0.05) is 38.5 Å². The van der Waals surface area contributed by atoms with E-state index in [2.05, 4.69) is 54.9 Å². The quantitative estimate of drug-likeness (QED) is 0.638. The molecule has 0 spiro atoms. The zero-order chi connectivity index (χ0) is 15.2. The maximum Gasteiger partial charge on any atom is 0.0726 e. The molecule has 1 unspecified atom stereocenters. The SMILES string of the molecule is CCCCN(c1cc(CCl)nc2ccccc12)C(C)CC. The average molecular weight is 305 g/mol. The highest BCUT2D eigenvalue weighted by molar-refractivity contribution is 6.17. The second-order valence-electron chi connectivity index (χ2n) is 5.59. The van der Waals surface area contributed by atoms with Crippen molar-refractivity contribution in [2.24, 2.45) is 0 Å². The Hall–Kier alpha value is -1.28. The molecule has 0 aliphatic heterocycles. The molecule has 0 aliphatic rings. The summed E-state index contributed by atoms with van der Waals surface area (Å²) in [5.74, 6) is 0.458. The molecule has 0 amide bonds. The second-order valence-corrected chi connectivity index (χ2v) is 5.85. The van der Waals surface area contributed by atoms with Gasteiger partial charge in [-0.2, -0.15) is 0 Å². The van der Waals surface area contributed by atoms with Gasteiger partial charge in [-0.05, 0) is 31.9 Å². The molecule has 2 nitrogen and oxygen atoms in total. The highest BCUT2D eigenvalue weighted by Crippen LogP contribution is 2.29. The third-order valence-corrected chi connectivity index (χ3v) is 4.34. The zero-order valence-electron chi connectivity index (χ0n) is 13.3. The standard InChI is InChI=1S/C18H25ClN2/c1-4-6-11-21(14(3)5-2)18-12-15(13-19)20-17-10-8-7-9-16(17)18/h7-10,12,14H,4-6,11,13H2,1-3H3. The Labute approximate surface area is 133 Å². The van der Waals surface area contributed by atoms with Crippen LogP contribution >= 0.6 is 11.6 Å². The first-order chi connectivity index (χ1) is 10.2. The normalized spacial score (nSPS) is 12.6. The molecule has 3 heteroatoms. The molecular weight excluding hydrogens is 280 g/mol. The Bertz CT molecular complexity index is 582. The zero-order valence-corrected chi connectivity index (χ0v) is 14.0. The molecule has 0 aliphatic carbocycles. The number of hydrogen-bond acceptors (Lipinski definition) is 2. The number of pyridine rings is 1. The number of fused-ring (bicyclic) bond motifs is 1. The Kier molecular flexibility index (Phi) is 5.86. The van der Waals surface area contributed by atoms with Crippen LogP contribution in [0, 0.1) is 0 Å². The largest absolute Gasteiger partial charge is 0.368 e. The van der Waals surface area contributed by atoms with E-state index in [1.807, 2.05) is 6.07 Å². The Morgan fingerprint density at radius 1 is 1.24 bits per heavy atom. The van der Waals surface area contributed by atoms with Crippen molar-refractivity contribution in [1.29, 1.82) is 0 Å². The van der Waals surface area contributed by atoms with Crippen LogP contribution in [0.5, 0.6) is 0 Å². The molecule has 1 heterocycles. The molecule has 0 radical (unpaired) electrons. The number of halogens is 1. The smallest absolute Gasteiger partial charge is 0.0726 e. The molecule has 0 saturated heterocycles. The molecule has 114 valence electrons. The van der Waals surface area contributed by atoms with Gasteiger partial charge in [0.05, 0.1) is 17.1 Å². The molecule has 0 fully saturated rings. The average Bonchev–Trinajstić information content (AvgIpc) is 2.54. The Morgan fingerprint density at radius 2 is 2.00 bits per heavy atom. The molecule has 21 heavy (non-hydrogen) atoms. The molecule has 1 aromatic carbocycles. The number of alkyl halides is 1. The van der Waals surface area contributed by atoms with Crippen LogP contribution in [0.1, 0.15) is 45.7 Å².